The van der Waals surface area contributed by atoms with Gasteiger partial charge < -0.3 is 15.3 Å². The lowest BCUT2D eigenvalue weighted by Gasteiger charge is -2.09. The molecule has 4 nitrogen and oxygen atoms in total. The first-order valence-electron chi connectivity index (χ1n) is 6.20. The molecule has 0 aliphatic heterocycles. The van der Waals surface area contributed by atoms with E-state index < -0.39 is 0 Å². The average molecular weight is 244 g/mol. The lowest BCUT2D eigenvalue weighted by Crippen LogP contribution is -2.14. The molecule has 0 radical (unpaired) electrons. The maximum Gasteiger partial charge on any atom is 0.198 e. The third-order valence-electron chi connectivity index (χ3n) is 3.25. The molecule has 1 saturated carbocycles. The molecule has 3 rings (SSSR count). The van der Waals surface area contributed by atoms with Gasteiger partial charge in [-0.1, -0.05) is 18.2 Å². The summed E-state index contributed by atoms with van der Waals surface area (Å²) in [6, 6.07) is 7.38. The van der Waals surface area contributed by atoms with E-state index in [4.69, 9.17) is 15.3 Å². The number of hydrogen-bond donors (Lipinski definition) is 2. The van der Waals surface area contributed by atoms with Crippen LogP contribution < -0.4 is 5.73 Å². The van der Waals surface area contributed by atoms with Crippen LogP contribution in [0.3, 0.4) is 0 Å². The molecule has 0 amide bonds. The molecule has 1 aromatic heterocycles. The van der Waals surface area contributed by atoms with E-state index in [2.05, 4.69) is 4.98 Å². The summed E-state index contributed by atoms with van der Waals surface area (Å²) in [5.41, 5.74) is 7.67. The lowest BCUT2D eigenvalue weighted by atomic mass is 10.0. The molecule has 0 spiro atoms. The first-order chi connectivity index (χ1) is 8.78. The van der Waals surface area contributed by atoms with Crippen molar-refractivity contribution in [3.63, 3.8) is 0 Å². The Bertz CT molecular complexity index is 546. The standard InChI is InChI=1S/C14H16N2O2/c15-12(8-17)10-2-1-3-11(6-10)13-7-16-14(18-13)9-4-5-9/h1-3,6-7,9,12,17H,4-5,8,15H2. The Balaban J connectivity index is 1.90. The van der Waals surface area contributed by atoms with E-state index in [1.807, 2.05) is 24.3 Å². The molecule has 1 heterocycles. The van der Waals surface area contributed by atoms with Gasteiger partial charge in [-0.2, -0.15) is 0 Å². The third-order valence-corrected chi connectivity index (χ3v) is 3.25. The first kappa shape index (κ1) is 11.4. The van der Waals surface area contributed by atoms with Gasteiger partial charge in [0.2, 0.25) is 0 Å². The molecule has 2 aromatic rings. The second-order valence-electron chi connectivity index (χ2n) is 4.75. The monoisotopic (exact) mass is 244 g/mol. The number of nitrogens with two attached hydrogens (primary N) is 1. The van der Waals surface area contributed by atoms with Crippen molar-refractivity contribution < 1.29 is 9.52 Å². The summed E-state index contributed by atoms with van der Waals surface area (Å²) in [6.07, 6.45) is 4.11. The van der Waals surface area contributed by atoms with Gasteiger partial charge in [0.1, 0.15) is 0 Å². The Kier molecular flexibility index (Phi) is 2.89. The van der Waals surface area contributed by atoms with Crippen molar-refractivity contribution in [2.75, 3.05) is 6.61 Å². The number of aliphatic hydroxyl groups is 1. The van der Waals surface area contributed by atoms with E-state index in [-0.39, 0.29) is 12.6 Å². The van der Waals surface area contributed by atoms with Gasteiger partial charge in [0, 0.05) is 11.5 Å². The van der Waals surface area contributed by atoms with Gasteiger partial charge in [-0.25, -0.2) is 4.98 Å². The smallest absolute Gasteiger partial charge is 0.198 e. The molecule has 1 unspecified atom stereocenters. The summed E-state index contributed by atoms with van der Waals surface area (Å²) in [7, 11) is 0. The highest BCUT2D eigenvalue weighted by molar-refractivity contribution is 5.57. The molecule has 94 valence electrons. The molecule has 1 fully saturated rings. The predicted octanol–water partition coefficient (Wildman–Crippen LogP) is 2.21. The van der Waals surface area contributed by atoms with Crippen molar-refractivity contribution in [1.82, 2.24) is 4.98 Å². The van der Waals surface area contributed by atoms with Gasteiger partial charge >= 0.3 is 0 Å². The van der Waals surface area contributed by atoms with E-state index in [0.717, 1.165) is 22.8 Å². The van der Waals surface area contributed by atoms with Crippen LogP contribution in [0.4, 0.5) is 0 Å². The average Bonchev–Trinajstić information content (AvgIpc) is 3.15. The topological polar surface area (TPSA) is 72.3 Å². The van der Waals surface area contributed by atoms with Gasteiger partial charge in [0.05, 0.1) is 18.8 Å². The summed E-state index contributed by atoms with van der Waals surface area (Å²) in [5, 5.41) is 9.07. The zero-order chi connectivity index (χ0) is 12.5. The quantitative estimate of drug-likeness (QED) is 0.865. The molecule has 18 heavy (non-hydrogen) atoms. The molecule has 3 N–H and O–H groups in total. The Morgan fingerprint density at radius 1 is 1.44 bits per heavy atom. The number of oxazole rings is 1. The minimum absolute atomic E-state index is 0.0623. The molecule has 1 aliphatic rings. The van der Waals surface area contributed by atoms with Crippen LogP contribution in [0.5, 0.6) is 0 Å². The van der Waals surface area contributed by atoms with Gasteiger partial charge in [-0.05, 0) is 24.5 Å². The van der Waals surface area contributed by atoms with E-state index in [1.54, 1.807) is 6.20 Å². The van der Waals surface area contributed by atoms with Crippen molar-refractivity contribution in [3.05, 3.63) is 41.9 Å². The number of aromatic nitrogens is 1. The van der Waals surface area contributed by atoms with Crippen molar-refractivity contribution in [2.45, 2.75) is 24.8 Å². The number of hydrogen-bond acceptors (Lipinski definition) is 4. The van der Waals surface area contributed by atoms with Crippen molar-refractivity contribution in [1.29, 1.82) is 0 Å². The van der Waals surface area contributed by atoms with Gasteiger partial charge in [-0.15, -0.1) is 0 Å². The van der Waals surface area contributed by atoms with E-state index in [9.17, 15) is 0 Å². The molecular weight excluding hydrogens is 228 g/mol. The van der Waals surface area contributed by atoms with Crippen LogP contribution in [0, 0.1) is 0 Å². The summed E-state index contributed by atoms with van der Waals surface area (Å²) in [5.74, 6) is 2.12. The molecular formula is C14H16N2O2. The first-order valence-corrected chi connectivity index (χ1v) is 6.20. The molecule has 1 aromatic carbocycles. The Hall–Kier alpha value is -1.65. The minimum atomic E-state index is -0.351. The van der Waals surface area contributed by atoms with Crippen LogP contribution in [-0.4, -0.2) is 16.7 Å². The van der Waals surface area contributed by atoms with Crippen molar-refractivity contribution >= 4 is 0 Å². The van der Waals surface area contributed by atoms with E-state index in [0.29, 0.717) is 5.92 Å². The van der Waals surface area contributed by atoms with Gasteiger partial charge in [0.25, 0.3) is 0 Å². The summed E-state index contributed by atoms with van der Waals surface area (Å²) in [6.45, 7) is -0.0623. The zero-order valence-electron chi connectivity index (χ0n) is 10.0. The number of rotatable bonds is 4. The highest BCUT2D eigenvalue weighted by Gasteiger charge is 2.28. The molecule has 1 atom stereocenters. The molecule has 4 heteroatoms. The van der Waals surface area contributed by atoms with Crippen LogP contribution in [-0.2, 0) is 0 Å². The van der Waals surface area contributed by atoms with Crippen molar-refractivity contribution in [3.8, 4) is 11.3 Å². The fraction of sp³-hybridized carbons (Fsp3) is 0.357. The summed E-state index contributed by atoms with van der Waals surface area (Å²) < 4.78 is 5.75. The van der Waals surface area contributed by atoms with Crippen LogP contribution in [0.15, 0.2) is 34.9 Å². The second kappa shape index (κ2) is 4.55. The Morgan fingerprint density at radius 2 is 2.28 bits per heavy atom. The fourth-order valence-electron chi connectivity index (χ4n) is 1.97. The Labute approximate surface area is 105 Å². The zero-order valence-corrected chi connectivity index (χ0v) is 10.0. The molecule has 0 bridgehead atoms. The van der Waals surface area contributed by atoms with Crippen LogP contribution in [0.2, 0.25) is 0 Å². The Morgan fingerprint density at radius 3 is 3.00 bits per heavy atom. The summed E-state index contributed by atoms with van der Waals surface area (Å²) >= 11 is 0. The normalized spacial score (nSPS) is 16.8. The summed E-state index contributed by atoms with van der Waals surface area (Å²) in [4.78, 5) is 4.30. The highest BCUT2D eigenvalue weighted by atomic mass is 16.4. The number of aliphatic hydroxyl groups excluding tert-OH is 1. The van der Waals surface area contributed by atoms with Crippen molar-refractivity contribution in [2.24, 2.45) is 5.73 Å². The fourth-order valence-corrected chi connectivity index (χ4v) is 1.97. The predicted molar refractivity (Wildman–Crippen MR) is 67.9 cm³/mol. The largest absolute Gasteiger partial charge is 0.440 e. The minimum Gasteiger partial charge on any atom is -0.440 e. The van der Waals surface area contributed by atoms with Crippen LogP contribution >= 0.6 is 0 Å². The van der Waals surface area contributed by atoms with E-state index >= 15 is 0 Å². The van der Waals surface area contributed by atoms with E-state index in [1.165, 1.54) is 12.8 Å². The molecule has 1 aliphatic carbocycles. The maximum absolute atomic E-state index is 9.07. The van der Waals surface area contributed by atoms with Gasteiger partial charge in [-0.3, -0.25) is 0 Å². The van der Waals surface area contributed by atoms with Crippen LogP contribution in [0.1, 0.15) is 36.3 Å². The third kappa shape index (κ3) is 2.17. The SMILES string of the molecule is NC(CO)c1cccc(-c2cnc(C3CC3)o2)c1. The lowest BCUT2D eigenvalue weighted by molar-refractivity contribution is 0.268. The van der Waals surface area contributed by atoms with Gasteiger partial charge in [0.15, 0.2) is 11.7 Å². The number of benzene rings is 1. The number of nitrogens with zero attached hydrogens (tertiary/aromatic N) is 1. The molecule has 0 saturated heterocycles. The maximum atomic E-state index is 9.07. The second-order valence-corrected chi connectivity index (χ2v) is 4.75. The van der Waals surface area contributed by atoms with Crippen LogP contribution in [0.25, 0.3) is 11.3 Å². The highest BCUT2D eigenvalue weighted by Crippen LogP contribution is 2.40.